The van der Waals surface area contributed by atoms with E-state index in [9.17, 15) is 14.4 Å². The molecule has 2 amide bonds. The molecule has 0 aromatic heterocycles. The van der Waals surface area contributed by atoms with Crippen LogP contribution in [0.5, 0.6) is 0 Å². The van der Waals surface area contributed by atoms with Gasteiger partial charge in [0.1, 0.15) is 0 Å². The molecule has 4 aliphatic rings. The monoisotopic (exact) mass is 341 g/mol. The molecule has 0 spiro atoms. The molecular formula is C19H19NO5. The van der Waals surface area contributed by atoms with Gasteiger partial charge >= 0.3 is 0 Å². The number of para-hydroxylation sites is 1. The fraction of sp³-hybridized carbons (Fsp3) is 0.421. The molecule has 5 rings (SSSR count). The van der Waals surface area contributed by atoms with Crippen molar-refractivity contribution in [1.29, 1.82) is 0 Å². The number of ketones is 1. The van der Waals surface area contributed by atoms with Crippen molar-refractivity contribution < 1.29 is 23.9 Å². The quantitative estimate of drug-likeness (QED) is 0.474. The van der Waals surface area contributed by atoms with E-state index >= 15 is 0 Å². The topological polar surface area (TPSA) is 72.9 Å². The van der Waals surface area contributed by atoms with Gasteiger partial charge in [-0.05, 0) is 19.1 Å². The van der Waals surface area contributed by atoms with Crippen LogP contribution < -0.4 is 4.90 Å². The highest BCUT2D eigenvalue weighted by Crippen LogP contribution is 2.59. The third-order valence-corrected chi connectivity index (χ3v) is 5.90. The highest BCUT2D eigenvalue weighted by molar-refractivity contribution is 6.25. The highest BCUT2D eigenvalue weighted by Gasteiger charge is 2.73. The van der Waals surface area contributed by atoms with E-state index in [4.69, 9.17) is 9.47 Å². The van der Waals surface area contributed by atoms with Gasteiger partial charge in [0, 0.05) is 14.2 Å². The summed E-state index contributed by atoms with van der Waals surface area (Å²) in [6.07, 6.45) is 3.52. The van der Waals surface area contributed by atoms with Crippen molar-refractivity contribution >= 4 is 23.3 Å². The maximum atomic E-state index is 13.2. The largest absolute Gasteiger partial charge is 0.346 e. The standard InChI is InChI=1S/C19H19NO5/c1-18-10-9-12(19(24-2,25-3)17(18)23)13-14(18)16(22)20(15(13)21)11-7-5-4-6-8-11/h4-10,12-14H,1-3H3. The number of nitrogens with zero attached hydrogens (tertiary/aromatic N) is 1. The Labute approximate surface area is 145 Å². The molecule has 6 nitrogen and oxygen atoms in total. The SMILES string of the molecule is COC1(OC)C(=O)C2(C)C=CC1C1C(=O)N(c3ccccc3)C(=O)C12. The predicted molar refractivity (Wildman–Crippen MR) is 88.4 cm³/mol. The molecule has 3 aliphatic carbocycles. The van der Waals surface area contributed by atoms with Gasteiger partial charge in [-0.3, -0.25) is 14.4 Å². The summed E-state index contributed by atoms with van der Waals surface area (Å²) in [7, 11) is 2.79. The molecule has 1 saturated heterocycles. The molecular weight excluding hydrogens is 322 g/mol. The molecule has 1 saturated carbocycles. The zero-order valence-corrected chi connectivity index (χ0v) is 14.3. The van der Waals surface area contributed by atoms with Gasteiger partial charge in [-0.1, -0.05) is 30.4 Å². The number of methoxy groups -OCH3 is 2. The molecule has 4 unspecified atom stereocenters. The van der Waals surface area contributed by atoms with Crippen LogP contribution in [-0.4, -0.2) is 37.6 Å². The lowest BCUT2D eigenvalue weighted by atomic mass is 9.52. The Kier molecular flexibility index (Phi) is 3.30. The number of imide groups is 1. The first kappa shape index (κ1) is 16.2. The lowest BCUT2D eigenvalue weighted by Crippen LogP contribution is -2.67. The Bertz CT molecular complexity index is 797. The second kappa shape index (κ2) is 5.09. The van der Waals surface area contributed by atoms with Crippen molar-refractivity contribution in [1.82, 2.24) is 0 Å². The number of carbonyl (C=O) groups is 3. The normalized spacial score (nSPS) is 35.4. The lowest BCUT2D eigenvalue weighted by molar-refractivity contribution is -0.252. The highest BCUT2D eigenvalue weighted by atomic mass is 16.7. The van der Waals surface area contributed by atoms with Crippen molar-refractivity contribution in [3.05, 3.63) is 42.5 Å². The molecule has 0 N–H and O–H groups in total. The summed E-state index contributed by atoms with van der Waals surface area (Å²) in [5, 5.41) is 0. The summed E-state index contributed by atoms with van der Waals surface area (Å²) in [4.78, 5) is 40.6. The van der Waals surface area contributed by atoms with Gasteiger partial charge in [-0.15, -0.1) is 0 Å². The molecule has 6 heteroatoms. The molecule has 1 aromatic rings. The van der Waals surface area contributed by atoms with Crippen molar-refractivity contribution in [2.75, 3.05) is 19.1 Å². The van der Waals surface area contributed by atoms with E-state index in [-0.39, 0.29) is 17.6 Å². The fourth-order valence-corrected chi connectivity index (χ4v) is 4.69. The van der Waals surface area contributed by atoms with Crippen LogP contribution in [0.2, 0.25) is 0 Å². The van der Waals surface area contributed by atoms with Gasteiger partial charge < -0.3 is 9.47 Å². The van der Waals surface area contributed by atoms with Crippen LogP contribution in [-0.2, 0) is 23.9 Å². The van der Waals surface area contributed by atoms with Crippen molar-refractivity contribution in [2.24, 2.45) is 23.2 Å². The molecule has 2 fully saturated rings. The Morgan fingerprint density at radius 2 is 1.64 bits per heavy atom. The third-order valence-electron chi connectivity index (χ3n) is 5.90. The summed E-state index contributed by atoms with van der Waals surface area (Å²) in [5.74, 6) is -4.55. The van der Waals surface area contributed by atoms with E-state index in [0.717, 1.165) is 0 Å². The van der Waals surface area contributed by atoms with Gasteiger partial charge in [0.2, 0.25) is 23.4 Å². The maximum Gasteiger partial charge on any atom is 0.239 e. The van der Waals surface area contributed by atoms with Gasteiger partial charge in [0.15, 0.2) is 0 Å². The minimum atomic E-state index is -1.53. The average molecular weight is 341 g/mol. The molecule has 1 aliphatic heterocycles. The Morgan fingerprint density at radius 1 is 1.00 bits per heavy atom. The number of ether oxygens (including phenoxy) is 2. The van der Waals surface area contributed by atoms with Crippen LogP contribution in [0.3, 0.4) is 0 Å². The average Bonchev–Trinajstić information content (AvgIpc) is 2.90. The summed E-state index contributed by atoms with van der Waals surface area (Å²) < 4.78 is 10.9. The summed E-state index contributed by atoms with van der Waals surface area (Å²) in [5.41, 5.74) is -0.621. The molecule has 2 bridgehead atoms. The molecule has 0 radical (unpaired) electrons. The second-order valence-electron chi connectivity index (χ2n) is 6.92. The van der Waals surface area contributed by atoms with Crippen LogP contribution in [0.25, 0.3) is 0 Å². The Morgan fingerprint density at radius 3 is 2.24 bits per heavy atom. The number of anilines is 1. The first-order valence-corrected chi connectivity index (χ1v) is 8.20. The van der Waals surface area contributed by atoms with E-state index in [1.54, 1.807) is 43.3 Å². The Hall–Kier alpha value is -2.31. The van der Waals surface area contributed by atoms with Crippen molar-refractivity contribution in [3.8, 4) is 0 Å². The van der Waals surface area contributed by atoms with Crippen molar-refractivity contribution in [2.45, 2.75) is 12.7 Å². The first-order valence-electron chi connectivity index (χ1n) is 8.20. The van der Waals surface area contributed by atoms with Crippen LogP contribution >= 0.6 is 0 Å². The van der Waals surface area contributed by atoms with E-state index in [1.165, 1.54) is 19.1 Å². The van der Waals surface area contributed by atoms with Crippen LogP contribution in [0.15, 0.2) is 42.5 Å². The van der Waals surface area contributed by atoms with E-state index in [1.807, 2.05) is 6.07 Å². The predicted octanol–water partition coefficient (Wildman–Crippen LogP) is 1.56. The number of hydrogen-bond donors (Lipinski definition) is 0. The van der Waals surface area contributed by atoms with E-state index in [0.29, 0.717) is 5.69 Å². The van der Waals surface area contributed by atoms with Crippen LogP contribution in [0, 0.1) is 23.2 Å². The lowest BCUT2D eigenvalue weighted by Gasteiger charge is -2.53. The van der Waals surface area contributed by atoms with Crippen LogP contribution in [0.4, 0.5) is 5.69 Å². The number of allylic oxidation sites excluding steroid dienone is 1. The first-order chi connectivity index (χ1) is 11.9. The zero-order valence-electron chi connectivity index (χ0n) is 14.3. The summed E-state index contributed by atoms with van der Waals surface area (Å²) >= 11 is 0. The minimum Gasteiger partial charge on any atom is -0.346 e. The molecule has 130 valence electrons. The number of amides is 2. The molecule has 1 heterocycles. The minimum absolute atomic E-state index is 0.310. The smallest absolute Gasteiger partial charge is 0.239 e. The summed E-state index contributed by atoms with van der Waals surface area (Å²) in [6, 6.07) is 8.79. The summed E-state index contributed by atoms with van der Waals surface area (Å²) in [6.45, 7) is 1.69. The number of benzene rings is 1. The Balaban J connectivity index is 1.88. The third kappa shape index (κ3) is 1.73. The number of carbonyl (C=O) groups excluding carboxylic acids is 3. The second-order valence-corrected chi connectivity index (χ2v) is 6.92. The molecule has 4 atom stereocenters. The van der Waals surface area contributed by atoms with Gasteiger partial charge in [0.25, 0.3) is 0 Å². The number of hydrogen-bond acceptors (Lipinski definition) is 5. The van der Waals surface area contributed by atoms with Gasteiger partial charge in [-0.2, -0.15) is 0 Å². The molecule has 1 aromatic carbocycles. The fourth-order valence-electron chi connectivity index (χ4n) is 4.69. The zero-order chi connectivity index (χ0) is 18.0. The van der Waals surface area contributed by atoms with E-state index < -0.39 is 29.0 Å². The number of Topliss-reactive ketones (excluding diaryl/α,β-unsaturated/α-hetero) is 1. The van der Waals surface area contributed by atoms with Crippen molar-refractivity contribution in [3.63, 3.8) is 0 Å². The van der Waals surface area contributed by atoms with Gasteiger partial charge in [-0.25, -0.2) is 4.90 Å². The maximum absolute atomic E-state index is 13.2. The van der Waals surface area contributed by atoms with E-state index in [2.05, 4.69) is 0 Å². The molecule has 25 heavy (non-hydrogen) atoms. The number of rotatable bonds is 3. The number of fused-ring (bicyclic) bond motifs is 1. The van der Waals surface area contributed by atoms with Crippen LogP contribution in [0.1, 0.15) is 6.92 Å². The van der Waals surface area contributed by atoms with Gasteiger partial charge in [0.05, 0.1) is 28.9 Å².